The Balaban J connectivity index is 3.07. The standard InChI is InChI=1S/C16H20F7NO/c1-3-6-11-8-5-9-12(7-4-2)24(11)10-13(25)14(17,18)15(19,20)16(21,22)23/h3-5,8,11-13,25H,1-2,6-7,9-10H2/p+1/t11-,12+,13-/m0/s1. The minimum atomic E-state index is -6.46. The molecule has 144 valence electrons. The molecule has 0 aliphatic carbocycles. The second kappa shape index (κ2) is 7.90. The molecule has 0 aromatic carbocycles. The van der Waals surface area contributed by atoms with Gasteiger partial charge in [-0.25, -0.2) is 0 Å². The molecular weight excluding hydrogens is 355 g/mol. The van der Waals surface area contributed by atoms with Crippen LogP contribution in [-0.4, -0.2) is 47.9 Å². The third-order valence-electron chi connectivity index (χ3n) is 4.28. The van der Waals surface area contributed by atoms with Gasteiger partial charge in [-0.3, -0.25) is 0 Å². The highest BCUT2D eigenvalue weighted by molar-refractivity contribution is 5.00. The van der Waals surface area contributed by atoms with Gasteiger partial charge in [0.15, 0.2) is 6.10 Å². The van der Waals surface area contributed by atoms with Crippen LogP contribution < -0.4 is 4.90 Å². The Morgan fingerprint density at radius 2 is 1.64 bits per heavy atom. The number of hydrogen-bond donors (Lipinski definition) is 2. The Morgan fingerprint density at radius 1 is 1.08 bits per heavy atom. The maximum absolute atomic E-state index is 13.7. The molecule has 4 atom stereocenters. The number of alkyl halides is 7. The summed E-state index contributed by atoms with van der Waals surface area (Å²) in [4.78, 5) is 0.299. The van der Waals surface area contributed by atoms with Crippen molar-refractivity contribution in [1.29, 1.82) is 0 Å². The van der Waals surface area contributed by atoms with E-state index in [4.69, 9.17) is 0 Å². The van der Waals surface area contributed by atoms with Crippen LogP contribution in [0.15, 0.2) is 37.5 Å². The van der Waals surface area contributed by atoms with Gasteiger partial charge >= 0.3 is 18.0 Å². The second-order valence-corrected chi connectivity index (χ2v) is 6.01. The topological polar surface area (TPSA) is 24.7 Å². The summed E-state index contributed by atoms with van der Waals surface area (Å²) in [5.74, 6) is -12.0. The first-order valence-electron chi connectivity index (χ1n) is 7.64. The van der Waals surface area contributed by atoms with Crippen molar-refractivity contribution in [3.05, 3.63) is 37.5 Å². The predicted molar refractivity (Wildman–Crippen MR) is 78.7 cm³/mol. The largest absolute Gasteiger partial charge is 0.459 e. The van der Waals surface area contributed by atoms with Crippen LogP contribution in [0.5, 0.6) is 0 Å². The zero-order valence-electron chi connectivity index (χ0n) is 13.4. The third-order valence-corrected chi connectivity index (χ3v) is 4.28. The summed E-state index contributed by atoms with van der Waals surface area (Å²) < 4.78 is 90.4. The highest BCUT2D eigenvalue weighted by Crippen LogP contribution is 2.47. The quantitative estimate of drug-likeness (QED) is 0.494. The third kappa shape index (κ3) is 4.44. The molecule has 2 N–H and O–H groups in total. The van der Waals surface area contributed by atoms with Crippen LogP contribution in [0, 0.1) is 0 Å². The molecule has 0 spiro atoms. The summed E-state index contributed by atoms with van der Waals surface area (Å²) in [6.07, 6.45) is -2.16. The maximum Gasteiger partial charge on any atom is 0.459 e. The van der Waals surface area contributed by atoms with Crippen molar-refractivity contribution < 1.29 is 40.7 Å². The molecule has 0 bridgehead atoms. The van der Waals surface area contributed by atoms with Crippen LogP contribution >= 0.6 is 0 Å². The second-order valence-electron chi connectivity index (χ2n) is 6.01. The summed E-state index contributed by atoms with van der Waals surface area (Å²) in [6, 6.07) is -0.821. The Morgan fingerprint density at radius 3 is 2.12 bits per heavy atom. The van der Waals surface area contributed by atoms with Gasteiger partial charge in [-0.15, -0.1) is 13.2 Å². The van der Waals surface area contributed by atoms with Crippen LogP contribution in [0.25, 0.3) is 0 Å². The smallest absolute Gasteiger partial charge is 0.381 e. The fourth-order valence-electron chi connectivity index (χ4n) is 2.91. The van der Waals surface area contributed by atoms with E-state index in [0.29, 0.717) is 24.2 Å². The minimum Gasteiger partial charge on any atom is -0.381 e. The molecule has 0 saturated heterocycles. The van der Waals surface area contributed by atoms with E-state index in [1.807, 2.05) is 0 Å². The predicted octanol–water partition coefficient (Wildman–Crippen LogP) is 2.91. The van der Waals surface area contributed by atoms with Gasteiger partial charge < -0.3 is 10.0 Å². The zero-order valence-corrected chi connectivity index (χ0v) is 13.4. The average molecular weight is 376 g/mol. The number of nitrogens with one attached hydrogen (secondary N) is 1. The van der Waals surface area contributed by atoms with Crippen molar-refractivity contribution in [3.63, 3.8) is 0 Å². The van der Waals surface area contributed by atoms with Crippen molar-refractivity contribution in [1.82, 2.24) is 0 Å². The van der Waals surface area contributed by atoms with Gasteiger partial charge in [0.1, 0.15) is 12.6 Å². The first kappa shape index (κ1) is 21.7. The summed E-state index contributed by atoms with van der Waals surface area (Å²) in [5.41, 5.74) is 0. The van der Waals surface area contributed by atoms with Gasteiger partial charge in [-0.2, -0.15) is 30.7 Å². The number of aliphatic hydroxyl groups excluding tert-OH is 1. The van der Waals surface area contributed by atoms with Crippen molar-refractivity contribution in [2.75, 3.05) is 6.54 Å². The zero-order chi connectivity index (χ0) is 19.5. The molecule has 1 aliphatic rings. The Bertz CT molecular complexity index is 501. The SMILES string of the molecule is C=CC[C@@H]1CC=C[C@H](CC=C)[NH+]1C[C@H](O)C(F)(F)C(F)(F)C(F)(F)F. The maximum atomic E-state index is 13.7. The highest BCUT2D eigenvalue weighted by atomic mass is 19.4. The van der Waals surface area contributed by atoms with E-state index < -0.39 is 36.7 Å². The Labute approximate surface area is 141 Å². The number of hydrogen-bond acceptors (Lipinski definition) is 1. The van der Waals surface area contributed by atoms with Crippen molar-refractivity contribution in [2.24, 2.45) is 0 Å². The van der Waals surface area contributed by atoms with E-state index in [0.717, 1.165) is 0 Å². The van der Waals surface area contributed by atoms with Crippen molar-refractivity contribution in [2.45, 2.75) is 55.5 Å². The van der Waals surface area contributed by atoms with Crippen LogP contribution in [0.2, 0.25) is 0 Å². The highest BCUT2D eigenvalue weighted by Gasteiger charge is 2.75. The molecule has 1 rings (SSSR count). The molecule has 1 unspecified atom stereocenters. The fourth-order valence-corrected chi connectivity index (χ4v) is 2.91. The van der Waals surface area contributed by atoms with Gasteiger partial charge in [-0.1, -0.05) is 18.2 Å². The lowest BCUT2D eigenvalue weighted by Crippen LogP contribution is -3.20. The van der Waals surface area contributed by atoms with E-state index in [1.54, 1.807) is 12.2 Å². The molecule has 2 nitrogen and oxygen atoms in total. The van der Waals surface area contributed by atoms with Crippen LogP contribution in [-0.2, 0) is 0 Å². The lowest BCUT2D eigenvalue weighted by molar-refractivity contribution is -0.948. The minimum absolute atomic E-state index is 0.299. The monoisotopic (exact) mass is 376 g/mol. The van der Waals surface area contributed by atoms with Crippen LogP contribution in [0.4, 0.5) is 30.7 Å². The molecule has 0 saturated carbocycles. The Hall–Kier alpha value is -1.35. The summed E-state index contributed by atoms with van der Waals surface area (Å²) in [6.45, 7) is 6.08. The summed E-state index contributed by atoms with van der Waals surface area (Å²) in [7, 11) is 0. The number of rotatable bonds is 8. The molecule has 0 amide bonds. The van der Waals surface area contributed by atoms with E-state index in [-0.39, 0.29) is 6.04 Å². The van der Waals surface area contributed by atoms with Gasteiger partial charge in [0.05, 0.1) is 6.04 Å². The van der Waals surface area contributed by atoms with E-state index in [1.165, 1.54) is 12.2 Å². The molecule has 1 aliphatic heterocycles. The number of halogens is 7. The fraction of sp³-hybridized carbons (Fsp3) is 0.625. The Kier molecular flexibility index (Phi) is 6.86. The normalized spacial score (nSPS) is 26.3. The number of aliphatic hydroxyl groups is 1. The van der Waals surface area contributed by atoms with Gasteiger partial charge in [0.2, 0.25) is 0 Å². The lowest BCUT2D eigenvalue weighted by atomic mass is 9.95. The summed E-state index contributed by atoms with van der Waals surface area (Å²) in [5, 5.41) is 9.57. The van der Waals surface area contributed by atoms with Crippen LogP contribution in [0.3, 0.4) is 0 Å². The molecule has 0 radical (unpaired) electrons. The van der Waals surface area contributed by atoms with Gasteiger partial charge in [0, 0.05) is 19.3 Å². The van der Waals surface area contributed by atoms with E-state index in [9.17, 15) is 35.8 Å². The van der Waals surface area contributed by atoms with E-state index >= 15 is 0 Å². The van der Waals surface area contributed by atoms with Gasteiger partial charge in [0.25, 0.3) is 0 Å². The van der Waals surface area contributed by atoms with Gasteiger partial charge in [-0.05, 0) is 6.08 Å². The molecule has 25 heavy (non-hydrogen) atoms. The average Bonchev–Trinajstić information content (AvgIpc) is 2.49. The van der Waals surface area contributed by atoms with Crippen molar-refractivity contribution >= 4 is 0 Å². The van der Waals surface area contributed by atoms with E-state index in [2.05, 4.69) is 13.2 Å². The molecule has 1 heterocycles. The molecule has 0 aromatic heterocycles. The van der Waals surface area contributed by atoms with Crippen LogP contribution in [0.1, 0.15) is 19.3 Å². The molecular formula is C16H21F7NO+. The number of quaternary nitrogens is 1. The first-order valence-corrected chi connectivity index (χ1v) is 7.64. The molecule has 0 fully saturated rings. The first-order chi connectivity index (χ1) is 11.4. The van der Waals surface area contributed by atoms with Crippen molar-refractivity contribution in [3.8, 4) is 0 Å². The lowest BCUT2D eigenvalue weighted by Gasteiger charge is -2.39. The summed E-state index contributed by atoms with van der Waals surface area (Å²) >= 11 is 0. The molecule has 0 aromatic rings. The molecule has 9 heteroatoms.